The van der Waals surface area contributed by atoms with Gasteiger partial charge in [0.05, 0.1) is 22.9 Å². The number of nitrogens with two attached hydrogens (primary N) is 1. The Bertz CT molecular complexity index is 1330. The predicted octanol–water partition coefficient (Wildman–Crippen LogP) is 2.15. The molecule has 2 aromatic carbocycles. The number of fused-ring (bicyclic) bond motifs is 3. The standard InChI is InChI=1S/C23H21N5O3/c24-11-18-16-10-13(4-7-15(16)21(29)27-26-18)28-9-8-23(12-28)17-2-1-3-19(31-14-5-6-14)20(17)25-22(23)30/h1-4,7-10,14H,5-6,11-12,24H2,(H,25,30)(H,27,29). The fraction of sp³-hybridized carbons (Fsp3) is 0.261. The Morgan fingerprint density at radius 2 is 2.06 bits per heavy atom. The second-order valence-corrected chi connectivity index (χ2v) is 8.30. The van der Waals surface area contributed by atoms with Crippen molar-refractivity contribution in [3.8, 4) is 5.75 Å². The number of hydrogen-bond donors (Lipinski definition) is 3. The minimum Gasteiger partial charge on any atom is -0.488 e. The van der Waals surface area contributed by atoms with Gasteiger partial charge in [0.2, 0.25) is 5.91 Å². The number of ether oxygens (including phenoxy) is 1. The van der Waals surface area contributed by atoms with Gasteiger partial charge in [-0.2, -0.15) is 5.10 Å². The number of carbonyl (C=O) groups is 1. The number of aromatic nitrogens is 2. The number of carbonyl (C=O) groups excluding carboxylic acids is 1. The van der Waals surface area contributed by atoms with Gasteiger partial charge in [0, 0.05) is 35.9 Å². The van der Waals surface area contributed by atoms with Gasteiger partial charge in [0.15, 0.2) is 0 Å². The lowest BCUT2D eigenvalue weighted by molar-refractivity contribution is -0.118. The van der Waals surface area contributed by atoms with E-state index in [1.165, 1.54) is 0 Å². The normalized spacial score (nSPS) is 21.7. The maximum atomic E-state index is 13.1. The van der Waals surface area contributed by atoms with Crippen molar-refractivity contribution in [3.63, 3.8) is 0 Å². The first-order valence-electron chi connectivity index (χ1n) is 10.4. The molecule has 4 N–H and O–H groups in total. The minimum atomic E-state index is -0.781. The van der Waals surface area contributed by atoms with Gasteiger partial charge in [-0.25, -0.2) is 5.10 Å². The fourth-order valence-electron chi connectivity index (χ4n) is 4.48. The summed E-state index contributed by atoms with van der Waals surface area (Å²) in [7, 11) is 0. The van der Waals surface area contributed by atoms with Gasteiger partial charge in [-0.15, -0.1) is 0 Å². The summed E-state index contributed by atoms with van der Waals surface area (Å²) in [6.07, 6.45) is 6.23. The summed E-state index contributed by atoms with van der Waals surface area (Å²) >= 11 is 0. The number of amides is 1. The molecular weight excluding hydrogens is 394 g/mol. The Balaban J connectivity index is 1.38. The Morgan fingerprint density at radius 3 is 2.87 bits per heavy atom. The van der Waals surface area contributed by atoms with E-state index >= 15 is 0 Å². The number of hydrogen-bond acceptors (Lipinski definition) is 6. The van der Waals surface area contributed by atoms with Crippen molar-refractivity contribution >= 4 is 28.1 Å². The number of nitrogens with one attached hydrogen (secondary N) is 2. The molecule has 3 heterocycles. The highest BCUT2D eigenvalue weighted by Crippen LogP contribution is 2.48. The summed E-state index contributed by atoms with van der Waals surface area (Å²) in [5.74, 6) is 0.676. The van der Waals surface area contributed by atoms with Crippen LogP contribution in [0.5, 0.6) is 5.75 Å². The molecule has 3 aliphatic rings. The van der Waals surface area contributed by atoms with Crippen molar-refractivity contribution in [3.05, 3.63) is 70.3 Å². The summed E-state index contributed by atoms with van der Waals surface area (Å²) < 4.78 is 6.01. The maximum absolute atomic E-state index is 13.1. The molecule has 0 saturated heterocycles. The van der Waals surface area contributed by atoms with Crippen LogP contribution < -0.4 is 26.2 Å². The average molecular weight is 415 g/mol. The number of para-hydroxylation sites is 1. The molecule has 1 aliphatic carbocycles. The van der Waals surface area contributed by atoms with Gasteiger partial charge in [0.25, 0.3) is 5.56 Å². The largest absolute Gasteiger partial charge is 0.488 e. The number of H-pyrrole nitrogens is 1. The van der Waals surface area contributed by atoms with E-state index in [1.54, 1.807) is 6.07 Å². The first-order chi connectivity index (χ1) is 15.1. The highest BCUT2D eigenvalue weighted by atomic mass is 16.5. The van der Waals surface area contributed by atoms with E-state index < -0.39 is 5.41 Å². The van der Waals surface area contributed by atoms with Crippen molar-refractivity contribution in [2.24, 2.45) is 5.73 Å². The van der Waals surface area contributed by atoms with E-state index in [-0.39, 0.29) is 24.1 Å². The molecule has 1 unspecified atom stereocenters. The number of aromatic amines is 1. The fourth-order valence-corrected chi connectivity index (χ4v) is 4.48. The van der Waals surface area contributed by atoms with Crippen LogP contribution in [0.2, 0.25) is 0 Å². The van der Waals surface area contributed by atoms with Crippen LogP contribution in [0, 0.1) is 0 Å². The zero-order valence-electron chi connectivity index (χ0n) is 16.7. The Morgan fingerprint density at radius 1 is 1.19 bits per heavy atom. The van der Waals surface area contributed by atoms with Crippen molar-refractivity contribution < 1.29 is 9.53 Å². The van der Waals surface area contributed by atoms with Crippen molar-refractivity contribution in [1.29, 1.82) is 0 Å². The van der Waals surface area contributed by atoms with E-state index in [0.717, 1.165) is 40.9 Å². The van der Waals surface area contributed by atoms with Gasteiger partial charge in [0.1, 0.15) is 11.2 Å². The third kappa shape index (κ3) is 2.68. The molecular formula is C23H21N5O3. The third-order valence-electron chi connectivity index (χ3n) is 6.30. The molecule has 1 atom stereocenters. The lowest BCUT2D eigenvalue weighted by atomic mass is 9.82. The Labute approximate surface area is 177 Å². The molecule has 6 rings (SSSR count). The third-order valence-corrected chi connectivity index (χ3v) is 6.30. The van der Waals surface area contributed by atoms with Gasteiger partial charge < -0.3 is 20.7 Å². The van der Waals surface area contributed by atoms with E-state index in [9.17, 15) is 9.59 Å². The van der Waals surface area contributed by atoms with Crippen LogP contribution in [-0.4, -0.2) is 28.8 Å². The van der Waals surface area contributed by atoms with E-state index in [2.05, 4.69) is 15.5 Å². The van der Waals surface area contributed by atoms with Crippen molar-refractivity contribution in [2.45, 2.75) is 30.9 Å². The topological polar surface area (TPSA) is 113 Å². The lowest BCUT2D eigenvalue weighted by Crippen LogP contribution is -2.38. The van der Waals surface area contributed by atoms with Gasteiger partial charge in [-0.05, 0) is 43.2 Å². The molecule has 8 heteroatoms. The predicted molar refractivity (Wildman–Crippen MR) is 117 cm³/mol. The van der Waals surface area contributed by atoms with Gasteiger partial charge >= 0.3 is 0 Å². The van der Waals surface area contributed by atoms with Gasteiger partial charge in [-0.1, -0.05) is 12.1 Å². The van der Waals surface area contributed by atoms with Crippen LogP contribution in [0.15, 0.2) is 53.5 Å². The minimum absolute atomic E-state index is 0.0605. The molecule has 0 bridgehead atoms. The van der Waals surface area contributed by atoms with Crippen molar-refractivity contribution in [2.75, 3.05) is 16.8 Å². The van der Waals surface area contributed by atoms with Crippen LogP contribution in [0.25, 0.3) is 10.8 Å². The number of rotatable bonds is 4. The Kier molecular flexibility index (Phi) is 3.76. The molecule has 3 aromatic rings. The maximum Gasteiger partial charge on any atom is 0.272 e. The molecule has 0 radical (unpaired) electrons. The van der Waals surface area contributed by atoms with Crippen LogP contribution in [0.3, 0.4) is 0 Å². The quantitative estimate of drug-likeness (QED) is 0.602. The second-order valence-electron chi connectivity index (χ2n) is 8.30. The monoisotopic (exact) mass is 415 g/mol. The van der Waals surface area contributed by atoms with E-state index in [1.807, 2.05) is 47.5 Å². The Hall–Kier alpha value is -3.65. The van der Waals surface area contributed by atoms with Crippen LogP contribution in [0.4, 0.5) is 11.4 Å². The highest BCUT2D eigenvalue weighted by molar-refractivity contribution is 6.10. The second kappa shape index (κ2) is 6.42. The molecule has 1 aromatic heterocycles. The van der Waals surface area contributed by atoms with Crippen LogP contribution in [0.1, 0.15) is 24.1 Å². The SMILES string of the molecule is NCc1n[nH]c(=O)c2ccc(N3C=CC4(C3)C(=O)Nc3c(OC5CC5)cccc34)cc12. The lowest BCUT2D eigenvalue weighted by Gasteiger charge is -2.24. The first-order valence-corrected chi connectivity index (χ1v) is 10.4. The summed E-state index contributed by atoms with van der Waals surface area (Å²) in [6.45, 7) is 0.675. The van der Waals surface area contributed by atoms with E-state index in [0.29, 0.717) is 17.6 Å². The summed E-state index contributed by atoms with van der Waals surface area (Å²) in [5.41, 5.74) is 7.97. The molecule has 31 heavy (non-hydrogen) atoms. The highest BCUT2D eigenvalue weighted by Gasteiger charge is 2.49. The number of benzene rings is 2. The zero-order valence-corrected chi connectivity index (χ0v) is 16.7. The molecule has 1 amide bonds. The van der Waals surface area contributed by atoms with Gasteiger partial charge in [-0.3, -0.25) is 9.59 Å². The molecule has 1 fully saturated rings. The summed E-state index contributed by atoms with van der Waals surface area (Å²) in [6, 6.07) is 11.4. The number of nitrogens with zero attached hydrogens (tertiary/aromatic N) is 2. The van der Waals surface area contributed by atoms with Crippen LogP contribution >= 0.6 is 0 Å². The molecule has 2 aliphatic heterocycles. The number of anilines is 2. The average Bonchev–Trinajstić information content (AvgIpc) is 3.41. The van der Waals surface area contributed by atoms with E-state index in [4.69, 9.17) is 10.5 Å². The first kappa shape index (κ1) is 18.1. The molecule has 1 saturated carbocycles. The zero-order chi connectivity index (χ0) is 21.2. The molecule has 8 nitrogen and oxygen atoms in total. The molecule has 156 valence electrons. The summed E-state index contributed by atoms with van der Waals surface area (Å²) in [5, 5.41) is 10.9. The summed E-state index contributed by atoms with van der Waals surface area (Å²) in [4.78, 5) is 27.3. The smallest absolute Gasteiger partial charge is 0.272 e. The van der Waals surface area contributed by atoms with Crippen molar-refractivity contribution in [1.82, 2.24) is 10.2 Å². The van der Waals surface area contributed by atoms with Crippen LogP contribution in [-0.2, 0) is 16.8 Å². The molecule has 1 spiro atoms.